The van der Waals surface area contributed by atoms with E-state index in [1.165, 1.54) is 0 Å². The standard InChI is InChI=1S/C13H20N2OS/c1-10(14)6-5-9-13(16)15-11-7-3-4-8-12(11)17-2/h3-4,7-8,10H,5-6,9,14H2,1-2H3,(H,15,16). The number of carbonyl (C=O) groups excluding carboxylic acids is 1. The number of nitrogens with two attached hydrogens (primary N) is 1. The summed E-state index contributed by atoms with van der Waals surface area (Å²) in [5, 5.41) is 2.93. The summed E-state index contributed by atoms with van der Waals surface area (Å²) in [6, 6.07) is 7.99. The van der Waals surface area contributed by atoms with Gasteiger partial charge in [-0.15, -0.1) is 11.8 Å². The van der Waals surface area contributed by atoms with Crippen LogP contribution in [0.5, 0.6) is 0 Å². The molecule has 0 saturated carbocycles. The number of nitrogens with one attached hydrogen (secondary N) is 1. The van der Waals surface area contributed by atoms with Crippen LogP contribution in [0.2, 0.25) is 0 Å². The van der Waals surface area contributed by atoms with Gasteiger partial charge in [0.15, 0.2) is 0 Å². The normalized spacial score (nSPS) is 12.2. The van der Waals surface area contributed by atoms with Crippen LogP contribution in [0.1, 0.15) is 26.2 Å². The van der Waals surface area contributed by atoms with Gasteiger partial charge in [0.1, 0.15) is 0 Å². The van der Waals surface area contributed by atoms with E-state index in [4.69, 9.17) is 5.73 Å². The van der Waals surface area contributed by atoms with Crippen LogP contribution in [0.25, 0.3) is 0 Å². The van der Waals surface area contributed by atoms with Crippen molar-refractivity contribution in [1.29, 1.82) is 0 Å². The fraction of sp³-hybridized carbons (Fsp3) is 0.462. The SMILES string of the molecule is CSc1ccccc1NC(=O)CCCC(C)N. The second kappa shape index (κ2) is 7.35. The summed E-state index contributed by atoms with van der Waals surface area (Å²) >= 11 is 1.63. The molecule has 0 aliphatic carbocycles. The van der Waals surface area contributed by atoms with E-state index in [0.29, 0.717) is 6.42 Å². The highest BCUT2D eigenvalue weighted by Crippen LogP contribution is 2.24. The molecule has 0 fully saturated rings. The van der Waals surface area contributed by atoms with Gasteiger partial charge in [0.2, 0.25) is 5.91 Å². The van der Waals surface area contributed by atoms with E-state index in [-0.39, 0.29) is 11.9 Å². The molecular weight excluding hydrogens is 232 g/mol. The predicted octanol–water partition coefficient (Wildman–Crippen LogP) is 2.86. The van der Waals surface area contributed by atoms with Crippen molar-refractivity contribution in [2.75, 3.05) is 11.6 Å². The second-order valence-electron chi connectivity index (χ2n) is 4.12. The van der Waals surface area contributed by atoms with E-state index in [1.807, 2.05) is 37.4 Å². The monoisotopic (exact) mass is 252 g/mol. The lowest BCUT2D eigenvalue weighted by Crippen LogP contribution is -2.17. The summed E-state index contributed by atoms with van der Waals surface area (Å²) in [5.41, 5.74) is 6.54. The number of rotatable bonds is 6. The summed E-state index contributed by atoms with van der Waals surface area (Å²) in [5.74, 6) is 0.0622. The number of benzene rings is 1. The van der Waals surface area contributed by atoms with Gasteiger partial charge in [0, 0.05) is 17.4 Å². The van der Waals surface area contributed by atoms with Crippen LogP contribution in [-0.2, 0) is 4.79 Å². The molecule has 1 rings (SSSR count). The first kappa shape index (κ1) is 14.1. The van der Waals surface area contributed by atoms with Gasteiger partial charge in [0.25, 0.3) is 0 Å². The first-order valence-corrected chi connectivity index (χ1v) is 7.04. The van der Waals surface area contributed by atoms with Crippen LogP contribution in [-0.4, -0.2) is 18.2 Å². The molecule has 0 spiro atoms. The lowest BCUT2D eigenvalue weighted by molar-refractivity contribution is -0.116. The van der Waals surface area contributed by atoms with Crippen LogP contribution < -0.4 is 11.1 Å². The van der Waals surface area contributed by atoms with Crippen molar-refractivity contribution in [3.05, 3.63) is 24.3 Å². The molecule has 1 aromatic rings. The lowest BCUT2D eigenvalue weighted by Gasteiger charge is -2.09. The minimum absolute atomic E-state index is 0.0622. The van der Waals surface area contributed by atoms with Crippen LogP contribution >= 0.6 is 11.8 Å². The summed E-state index contributed by atoms with van der Waals surface area (Å²) in [7, 11) is 0. The maximum Gasteiger partial charge on any atom is 0.224 e. The Labute approximate surface area is 107 Å². The molecule has 1 atom stereocenters. The number of hydrogen-bond donors (Lipinski definition) is 2. The molecule has 1 unspecified atom stereocenters. The molecule has 0 aliphatic heterocycles. The predicted molar refractivity (Wildman–Crippen MR) is 74.4 cm³/mol. The summed E-state index contributed by atoms with van der Waals surface area (Å²) < 4.78 is 0. The van der Waals surface area contributed by atoms with Gasteiger partial charge in [0.05, 0.1) is 5.69 Å². The fourth-order valence-electron chi connectivity index (χ4n) is 1.55. The molecule has 17 heavy (non-hydrogen) atoms. The molecule has 94 valence electrons. The third-order valence-corrected chi connectivity index (χ3v) is 3.24. The van der Waals surface area contributed by atoms with Gasteiger partial charge < -0.3 is 11.1 Å². The molecule has 0 aromatic heterocycles. The Kier molecular flexibility index (Phi) is 6.08. The Morgan fingerprint density at radius 3 is 2.82 bits per heavy atom. The molecule has 0 bridgehead atoms. The van der Waals surface area contributed by atoms with E-state index >= 15 is 0 Å². The number of carbonyl (C=O) groups is 1. The third kappa shape index (κ3) is 5.24. The van der Waals surface area contributed by atoms with Crippen molar-refractivity contribution in [1.82, 2.24) is 0 Å². The van der Waals surface area contributed by atoms with Crippen molar-refractivity contribution in [2.24, 2.45) is 5.73 Å². The van der Waals surface area contributed by atoms with Crippen LogP contribution in [0.15, 0.2) is 29.2 Å². The second-order valence-corrected chi connectivity index (χ2v) is 4.97. The van der Waals surface area contributed by atoms with Gasteiger partial charge in [-0.1, -0.05) is 12.1 Å². The minimum atomic E-state index is 0.0622. The number of hydrogen-bond acceptors (Lipinski definition) is 3. The van der Waals surface area contributed by atoms with E-state index in [1.54, 1.807) is 11.8 Å². The largest absolute Gasteiger partial charge is 0.328 e. The molecule has 3 N–H and O–H groups in total. The average molecular weight is 252 g/mol. The lowest BCUT2D eigenvalue weighted by atomic mass is 10.1. The zero-order chi connectivity index (χ0) is 12.7. The van der Waals surface area contributed by atoms with E-state index in [9.17, 15) is 4.79 Å². The van der Waals surface area contributed by atoms with Crippen LogP contribution in [0.3, 0.4) is 0 Å². The highest BCUT2D eigenvalue weighted by Gasteiger charge is 2.06. The van der Waals surface area contributed by atoms with Gasteiger partial charge in [-0.2, -0.15) is 0 Å². The van der Waals surface area contributed by atoms with E-state index in [0.717, 1.165) is 23.4 Å². The summed E-state index contributed by atoms with van der Waals surface area (Å²) in [6.45, 7) is 1.96. The maximum absolute atomic E-state index is 11.7. The average Bonchev–Trinajstić information content (AvgIpc) is 2.29. The van der Waals surface area contributed by atoms with Gasteiger partial charge in [-0.3, -0.25) is 4.79 Å². The van der Waals surface area contributed by atoms with Crippen molar-refractivity contribution in [3.63, 3.8) is 0 Å². The topological polar surface area (TPSA) is 55.1 Å². The highest BCUT2D eigenvalue weighted by atomic mass is 32.2. The number of thioether (sulfide) groups is 1. The number of para-hydroxylation sites is 1. The van der Waals surface area contributed by atoms with Crippen molar-refractivity contribution >= 4 is 23.4 Å². The summed E-state index contributed by atoms with van der Waals surface area (Å²) in [4.78, 5) is 12.8. The van der Waals surface area contributed by atoms with Crippen LogP contribution in [0.4, 0.5) is 5.69 Å². The molecule has 4 heteroatoms. The number of anilines is 1. The molecule has 0 saturated heterocycles. The Bertz CT molecular complexity index is 366. The van der Waals surface area contributed by atoms with Gasteiger partial charge >= 0.3 is 0 Å². The van der Waals surface area contributed by atoms with E-state index in [2.05, 4.69) is 5.32 Å². The van der Waals surface area contributed by atoms with E-state index < -0.39 is 0 Å². The number of amides is 1. The molecular formula is C13H20N2OS. The minimum Gasteiger partial charge on any atom is -0.328 e. The molecule has 0 heterocycles. The van der Waals surface area contributed by atoms with Crippen molar-refractivity contribution < 1.29 is 4.79 Å². The Morgan fingerprint density at radius 1 is 1.47 bits per heavy atom. The van der Waals surface area contributed by atoms with Crippen molar-refractivity contribution in [3.8, 4) is 0 Å². The Morgan fingerprint density at radius 2 is 2.18 bits per heavy atom. The zero-order valence-corrected chi connectivity index (χ0v) is 11.2. The van der Waals surface area contributed by atoms with Crippen LogP contribution in [0, 0.1) is 0 Å². The molecule has 0 aliphatic rings. The molecule has 1 aromatic carbocycles. The van der Waals surface area contributed by atoms with Crippen molar-refractivity contribution in [2.45, 2.75) is 37.1 Å². The fourth-order valence-corrected chi connectivity index (χ4v) is 2.10. The maximum atomic E-state index is 11.7. The Hall–Kier alpha value is -1.00. The highest BCUT2D eigenvalue weighted by molar-refractivity contribution is 7.98. The first-order chi connectivity index (χ1) is 8.13. The Balaban J connectivity index is 2.45. The first-order valence-electron chi connectivity index (χ1n) is 5.82. The summed E-state index contributed by atoms with van der Waals surface area (Å²) in [6.07, 6.45) is 4.26. The molecule has 1 amide bonds. The molecule has 3 nitrogen and oxygen atoms in total. The quantitative estimate of drug-likeness (QED) is 0.765. The smallest absolute Gasteiger partial charge is 0.224 e. The molecule has 0 radical (unpaired) electrons. The van der Waals surface area contributed by atoms with Gasteiger partial charge in [-0.05, 0) is 38.2 Å². The zero-order valence-electron chi connectivity index (χ0n) is 10.4. The van der Waals surface area contributed by atoms with Gasteiger partial charge in [-0.25, -0.2) is 0 Å². The third-order valence-electron chi connectivity index (χ3n) is 2.44.